The zero-order valence-corrected chi connectivity index (χ0v) is 10.7. The lowest BCUT2D eigenvalue weighted by molar-refractivity contribution is 0.0992. The van der Waals surface area contributed by atoms with Crippen molar-refractivity contribution in [3.8, 4) is 5.75 Å². The standard InChI is InChI=1S/C15H14FNO2/c1-10-7-11(9-12(16)8-10)15(19)17(2)13-3-5-14(18)6-4-13/h3-9,18H,1-2H3. The quantitative estimate of drug-likeness (QED) is 0.900. The smallest absolute Gasteiger partial charge is 0.258 e. The molecule has 4 heteroatoms. The van der Waals surface area contributed by atoms with E-state index in [-0.39, 0.29) is 11.7 Å². The minimum Gasteiger partial charge on any atom is -0.508 e. The minimum atomic E-state index is -0.428. The summed E-state index contributed by atoms with van der Waals surface area (Å²) in [6.45, 7) is 1.74. The van der Waals surface area contributed by atoms with Gasteiger partial charge in [0.1, 0.15) is 11.6 Å². The van der Waals surface area contributed by atoms with Gasteiger partial charge in [0.25, 0.3) is 5.91 Å². The lowest BCUT2D eigenvalue weighted by Crippen LogP contribution is -2.26. The second-order valence-electron chi connectivity index (χ2n) is 4.40. The molecule has 0 saturated heterocycles. The molecule has 0 bridgehead atoms. The highest BCUT2D eigenvalue weighted by molar-refractivity contribution is 6.05. The van der Waals surface area contributed by atoms with E-state index in [1.807, 2.05) is 0 Å². The first kappa shape index (κ1) is 13.1. The molecule has 2 aromatic carbocycles. The lowest BCUT2D eigenvalue weighted by Gasteiger charge is -2.17. The first-order valence-electron chi connectivity index (χ1n) is 5.81. The molecular weight excluding hydrogens is 245 g/mol. The van der Waals surface area contributed by atoms with Crippen LogP contribution in [0.1, 0.15) is 15.9 Å². The Kier molecular flexibility index (Phi) is 3.51. The number of nitrogens with zero attached hydrogens (tertiary/aromatic N) is 1. The average Bonchev–Trinajstić information content (AvgIpc) is 2.37. The average molecular weight is 259 g/mol. The van der Waals surface area contributed by atoms with Gasteiger partial charge in [0.05, 0.1) is 0 Å². The number of anilines is 1. The summed E-state index contributed by atoms with van der Waals surface area (Å²) in [6, 6.07) is 10.5. The molecule has 0 fully saturated rings. The number of hydrogen-bond acceptors (Lipinski definition) is 2. The predicted molar refractivity (Wildman–Crippen MR) is 72.0 cm³/mol. The Morgan fingerprint density at radius 1 is 1.16 bits per heavy atom. The van der Waals surface area contributed by atoms with E-state index in [4.69, 9.17) is 0 Å². The molecule has 98 valence electrons. The van der Waals surface area contributed by atoms with Gasteiger partial charge in [-0.2, -0.15) is 0 Å². The highest BCUT2D eigenvalue weighted by Crippen LogP contribution is 2.19. The van der Waals surface area contributed by atoms with Crippen LogP contribution in [0.2, 0.25) is 0 Å². The second-order valence-corrected chi connectivity index (χ2v) is 4.40. The van der Waals surface area contributed by atoms with Crippen LogP contribution in [0, 0.1) is 12.7 Å². The molecule has 0 radical (unpaired) electrons. The van der Waals surface area contributed by atoms with Crippen LogP contribution in [0.4, 0.5) is 10.1 Å². The van der Waals surface area contributed by atoms with Crippen molar-refractivity contribution < 1.29 is 14.3 Å². The Morgan fingerprint density at radius 3 is 2.37 bits per heavy atom. The summed E-state index contributed by atoms with van der Waals surface area (Å²) < 4.78 is 13.3. The minimum absolute atomic E-state index is 0.131. The van der Waals surface area contributed by atoms with Crippen LogP contribution < -0.4 is 4.90 Å². The van der Waals surface area contributed by atoms with Crippen molar-refractivity contribution in [2.75, 3.05) is 11.9 Å². The third-order valence-electron chi connectivity index (χ3n) is 2.83. The van der Waals surface area contributed by atoms with E-state index in [9.17, 15) is 14.3 Å². The zero-order chi connectivity index (χ0) is 14.0. The summed E-state index contributed by atoms with van der Waals surface area (Å²) in [5.41, 5.74) is 1.63. The summed E-state index contributed by atoms with van der Waals surface area (Å²) in [5.74, 6) is -0.595. The van der Waals surface area contributed by atoms with Crippen molar-refractivity contribution in [1.29, 1.82) is 0 Å². The molecule has 1 N–H and O–H groups in total. The van der Waals surface area contributed by atoms with Gasteiger partial charge in [0.15, 0.2) is 0 Å². The molecule has 0 aliphatic heterocycles. The fourth-order valence-electron chi connectivity index (χ4n) is 1.85. The number of rotatable bonds is 2. The first-order chi connectivity index (χ1) is 8.97. The maximum atomic E-state index is 13.3. The molecule has 0 atom stereocenters. The van der Waals surface area contributed by atoms with E-state index in [1.54, 1.807) is 32.2 Å². The van der Waals surface area contributed by atoms with Crippen molar-refractivity contribution in [2.24, 2.45) is 0 Å². The van der Waals surface area contributed by atoms with Gasteiger partial charge in [-0.25, -0.2) is 4.39 Å². The van der Waals surface area contributed by atoms with Crippen LogP contribution >= 0.6 is 0 Å². The van der Waals surface area contributed by atoms with Gasteiger partial charge in [0.2, 0.25) is 0 Å². The zero-order valence-electron chi connectivity index (χ0n) is 10.7. The largest absolute Gasteiger partial charge is 0.508 e. The van der Waals surface area contributed by atoms with Gasteiger partial charge in [0, 0.05) is 18.3 Å². The van der Waals surface area contributed by atoms with Crippen molar-refractivity contribution in [3.63, 3.8) is 0 Å². The number of benzene rings is 2. The molecule has 2 rings (SSSR count). The number of phenols is 1. The third kappa shape index (κ3) is 2.91. The van der Waals surface area contributed by atoms with Gasteiger partial charge in [-0.05, 0) is 55.0 Å². The van der Waals surface area contributed by atoms with Crippen LogP contribution in [0.25, 0.3) is 0 Å². The maximum absolute atomic E-state index is 13.3. The lowest BCUT2D eigenvalue weighted by atomic mass is 10.1. The van der Waals surface area contributed by atoms with Gasteiger partial charge in [-0.1, -0.05) is 0 Å². The first-order valence-corrected chi connectivity index (χ1v) is 5.81. The van der Waals surface area contributed by atoms with Crippen LogP contribution in [0.3, 0.4) is 0 Å². The molecule has 0 aliphatic carbocycles. The van der Waals surface area contributed by atoms with Crippen molar-refractivity contribution >= 4 is 11.6 Å². The molecular formula is C15H14FNO2. The van der Waals surface area contributed by atoms with Gasteiger partial charge >= 0.3 is 0 Å². The normalized spacial score (nSPS) is 10.3. The van der Waals surface area contributed by atoms with E-state index < -0.39 is 5.82 Å². The van der Waals surface area contributed by atoms with Crippen LogP contribution in [-0.2, 0) is 0 Å². The summed E-state index contributed by atoms with van der Waals surface area (Å²) >= 11 is 0. The second kappa shape index (κ2) is 5.10. The summed E-state index contributed by atoms with van der Waals surface area (Å²) in [4.78, 5) is 13.6. The fourth-order valence-corrected chi connectivity index (χ4v) is 1.85. The predicted octanol–water partition coefficient (Wildman–Crippen LogP) is 3.12. The molecule has 2 aromatic rings. The van der Waals surface area contributed by atoms with E-state index in [0.717, 1.165) is 0 Å². The number of hydrogen-bond donors (Lipinski definition) is 1. The van der Waals surface area contributed by atoms with Gasteiger partial charge in [-0.3, -0.25) is 4.79 Å². The molecule has 0 heterocycles. The van der Waals surface area contributed by atoms with E-state index >= 15 is 0 Å². The van der Waals surface area contributed by atoms with E-state index in [0.29, 0.717) is 16.8 Å². The topological polar surface area (TPSA) is 40.5 Å². The highest BCUT2D eigenvalue weighted by Gasteiger charge is 2.14. The van der Waals surface area contributed by atoms with Crippen molar-refractivity contribution in [2.45, 2.75) is 6.92 Å². The Bertz CT molecular complexity index is 588. The van der Waals surface area contributed by atoms with Crippen molar-refractivity contribution in [3.05, 3.63) is 59.4 Å². The number of phenolic OH excluding ortho intramolecular Hbond substituents is 1. The highest BCUT2D eigenvalue weighted by atomic mass is 19.1. The van der Waals surface area contributed by atoms with Crippen molar-refractivity contribution in [1.82, 2.24) is 0 Å². The Hall–Kier alpha value is -2.36. The Balaban J connectivity index is 2.30. The monoisotopic (exact) mass is 259 g/mol. The number of aromatic hydroxyl groups is 1. The number of halogens is 1. The SMILES string of the molecule is Cc1cc(F)cc(C(=O)N(C)c2ccc(O)cc2)c1. The summed E-state index contributed by atoms with van der Waals surface area (Å²) in [7, 11) is 1.61. The Morgan fingerprint density at radius 2 is 1.79 bits per heavy atom. The number of amides is 1. The molecule has 0 saturated carbocycles. The fraction of sp³-hybridized carbons (Fsp3) is 0.133. The molecule has 0 spiro atoms. The van der Waals surface area contributed by atoms with E-state index in [1.165, 1.54) is 29.2 Å². The van der Waals surface area contributed by atoms with Crippen LogP contribution in [0.15, 0.2) is 42.5 Å². The Labute approximate surface area is 110 Å². The molecule has 0 aromatic heterocycles. The molecule has 1 amide bonds. The number of carbonyl (C=O) groups is 1. The molecule has 19 heavy (non-hydrogen) atoms. The third-order valence-corrected chi connectivity index (χ3v) is 2.83. The number of carbonyl (C=O) groups excluding carboxylic acids is 1. The van der Waals surface area contributed by atoms with Crippen LogP contribution in [0.5, 0.6) is 5.75 Å². The summed E-state index contributed by atoms with van der Waals surface area (Å²) in [6.07, 6.45) is 0. The van der Waals surface area contributed by atoms with Gasteiger partial charge in [-0.15, -0.1) is 0 Å². The molecule has 3 nitrogen and oxygen atoms in total. The maximum Gasteiger partial charge on any atom is 0.258 e. The van der Waals surface area contributed by atoms with E-state index in [2.05, 4.69) is 0 Å². The number of aryl methyl sites for hydroxylation is 1. The van der Waals surface area contributed by atoms with Crippen LogP contribution in [-0.4, -0.2) is 18.1 Å². The summed E-state index contributed by atoms with van der Waals surface area (Å²) in [5, 5.41) is 9.21. The molecule has 0 unspecified atom stereocenters. The van der Waals surface area contributed by atoms with Gasteiger partial charge < -0.3 is 10.0 Å². The molecule has 0 aliphatic rings.